The third-order valence-corrected chi connectivity index (χ3v) is 4.21. The Morgan fingerprint density at radius 2 is 1.88 bits per heavy atom. The highest BCUT2D eigenvalue weighted by Gasteiger charge is 2.21. The van der Waals surface area contributed by atoms with Gasteiger partial charge in [-0.2, -0.15) is 0 Å². The first-order valence-corrected chi connectivity index (χ1v) is 8.41. The molecule has 1 aromatic heterocycles. The maximum Gasteiger partial charge on any atom is 0.115 e. The molecule has 0 saturated heterocycles. The van der Waals surface area contributed by atoms with Crippen molar-refractivity contribution in [2.75, 3.05) is 0 Å². The van der Waals surface area contributed by atoms with E-state index in [4.69, 9.17) is 0 Å². The van der Waals surface area contributed by atoms with Gasteiger partial charge in [-0.3, -0.25) is 4.98 Å². The van der Waals surface area contributed by atoms with Crippen molar-refractivity contribution in [2.45, 2.75) is 32.0 Å². The summed E-state index contributed by atoms with van der Waals surface area (Å²) in [7, 11) is 0. The van der Waals surface area contributed by atoms with Crippen molar-refractivity contribution in [1.82, 2.24) is 4.98 Å². The highest BCUT2D eigenvalue weighted by molar-refractivity contribution is 5.80. The molecule has 1 heterocycles. The highest BCUT2D eigenvalue weighted by Crippen LogP contribution is 2.25. The van der Waals surface area contributed by atoms with Gasteiger partial charge in [0.05, 0.1) is 17.9 Å². The second-order valence-electron chi connectivity index (χ2n) is 6.14. The quantitative estimate of drug-likeness (QED) is 0.642. The van der Waals surface area contributed by atoms with Crippen LogP contribution >= 0.6 is 0 Å². The molecule has 3 N–H and O–H groups in total. The second-order valence-corrected chi connectivity index (χ2v) is 6.14. The lowest BCUT2D eigenvalue weighted by Crippen LogP contribution is -2.28. The molecule has 132 valence electrons. The summed E-state index contributed by atoms with van der Waals surface area (Å²) in [6.07, 6.45) is 5.10. The number of nitrogens with zero attached hydrogens (tertiary/aromatic N) is 1. The molecule has 4 heteroatoms. The molecule has 4 nitrogen and oxygen atoms in total. The third kappa shape index (κ3) is 5.55. The number of hydrogen-bond acceptors (Lipinski definition) is 4. The average Bonchev–Trinajstić information content (AvgIpc) is 2.61. The van der Waals surface area contributed by atoms with Gasteiger partial charge in [0.1, 0.15) is 5.75 Å². The van der Waals surface area contributed by atoms with Gasteiger partial charge in [0, 0.05) is 12.1 Å². The van der Waals surface area contributed by atoms with Crippen molar-refractivity contribution in [3.63, 3.8) is 0 Å². The summed E-state index contributed by atoms with van der Waals surface area (Å²) in [4.78, 5) is 4.40. The summed E-state index contributed by atoms with van der Waals surface area (Å²) in [5, 5.41) is 29.5. The Bertz CT molecular complexity index is 693. The summed E-state index contributed by atoms with van der Waals surface area (Å²) in [6.45, 7) is 5.35. The number of benzene rings is 1. The van der Waals surface area contributed by atoms with Crippen molar-refractivity contribution in [3.8, 4) is 5.75 Å². The van der Waals surface area contributed by atoms with Crippen LogP contribution in [0.4, 0.5) is 0 Å². The Morgan fingerprint density at radius 3 is 2.44 bits per heavy atom. The normalized spacial score (nSPS) is 15.4. The van der Waals surface area contributed by atoms with Crippen molar-refractivity contribution in [3.05, 3.63) is 72.6 Å². The van der Waals surface area contributed by atoms with Gasteiger partial charge >= 0.3 is 0 Å². The molecule has 0 aliphatic carbocycles. The lowest BCUT2D eigenvalue weighted by molar-refractivity contribution is 0.0429. The molecule has 0 unspecified atom stereocenters. The Hall–Kier alpha value is -2.43. The molecular formula is C21H25NO3. The molecule has 0 saturated carbocycles. The number of phenols is 1. The average molecular weight is 339 g/mol. The number of hydrogen-bond donors (Lipinski definition) is 3. The fourth-order valence-corrected chi connectivity index (χ4v) is 2.77. The van der Waals surface area contributed by atoms with Gasteiger partial charge < -0.3 is 15.3 Å². The Labute approximate surface area is 148 Å². The van der Waals surface area contributed by atoms with Crippen molar-refractivity contribution in [2.24, 2.45) is 5.92 Å². The number of pyridine rings is 1. The fourth-order valence-electron chi connectivity index (χ4n) is 2.77. The van der Waals surface area contributed by atoms with E-state index in [9.17, 15) is 15.3 Å². The zero-order valence-corrected chi connectivity index (χ0v) is 14.4. The van der Waals surface area contributed by atoms with Crippen LogP contribution in [0.3, 0.4) is 0 Å². The van der Waals surface area contributed by atoms with Gasteiger partial charge in [-0.05, 0) is 61.2 Å². The van der Waals surface area contributed by atoms with E-state index in [1.165, 1.54) is 0 Å². The van der Waals surface area contributed by atoms with E-state index >= 15 is 0 Å². The minimum absolute atomic E-state index is 0.220. The SMILES string of the molecule is C=C[C@H]([C@H](O)CC/C(=C/c1ccc(O)cc1)c1ccccn1)[C@@H](C)O. The smallest absolute Gasteiger partial charge is 0.115 e. The van der Waals surface area contributed by atoms with Gasteiger partial charge in [-0.25, -0.2) is 0 Å². The molecule has 0 spiro atoms. The number of allylic oxidation sites excluding steroid dienone is 1. The van der Waals surface area contributed by atoms with Gasteiger partial charge in [0.15, 0.2) is 0 Å². The largest absolute Gasteiger partial charge is 0.508 e. The molecule has 2 aromatic rings. The number of phenolic OH excluding ortho intramolecular Hbond substituents is 1. The summed E-state index contributed by atoms with van der Waals surface area (Å²) in [5.41, 5.74) is 2.78. The predicted molar refractivity (Wildman–Crippen MR) is 101 cm³/mol. The van der Waals surface area contributed by atoms with Crippen molar-refractivity contribution >= 4 is 11.6 Å². The van der Waals surface area contributed by atoms with E-state index in [0.717, 1.165) is 16.8 Å². The lowest BCUT2D eigenvalue weighted by atomic mass is 9.91. The van der Waals surface area contributed by atoms with Gasteiger partial charge in [-0.15, -0.1) is 6.58 Å². The van der Waals surface area contributed by atoms with Gasteiger partial charge in [0.25, 0.3) is 0 Å². The van der Waals surface area contributed by atoms with Gasteiger partial charge in [-0.1, -0.05) is 24.3 Å². The van der Waals surface area contributed by atoms with Crippen LogP contribution in [0.1, 0.15) is 31.0 Å². The summed E-state index contributed by atoms with van der Waals surface area (Å²) in [6, 6.07) is 12.6. The molecule has 3 atom stereocenters. The standard InChI is InChI=1S/C21H25NO3/c1-3-19(15(2)23)21(25)12-9-17(20-6-4-5-13-22-20)14-16-7-10-18(24)11-8-16/h3-8,10-11,13-15,19,21,23-25H,1,9,12H2,2H3/b17-14-/t15-,19+,21-/m1/s1. The molecule has 0 amide bonds. The first-order valence-electron chi connectivity index (χ1n) is 8.41. The molecule has 0 fully saturated rings. The highest BCUT2D eigenvalue weighted by atomic mass is 16.3. The second kappa shape index (κ2) is 9.16. The van der Waals surface area contributed by atoms with Crippen LogP contribution < -0.4 is 0 Å². The number of aliphatic hydroxyl groups excluding tert-OH is 2. The third-order valence-electron chi connectivity index (χ3n) is 4.21. The monoisotopic (exact) mass is 339 g/mol. The van der Waals surface area contributed by atoms with Crippen LogP contribution in [0.15, 0.2) is 61.3 Å². The number of aliphatic hydroxyl groups is 2. The molecule has 2 rings (SSSR count). The summed E-state index contributed by atoms with van der Waals surface area (Å²) >= 11 is 0. The number of aromatic nitrogens is 1. The first kappa shape index (κ1) is 18.9. The topological polar surface area (TPSA) is 73.6 Å². The van der Waals surface area contributed by atoms with Crippen molar-refractivity contribution < 1.29 is 15.3 Å². The molecule has 0 bridgehead atoms. The van der Waals surface area contributed by atoms with E-state index in [1.807, 2.05) is 36.4 Å². The van der Waals surface area contributed by atoms with E-state index < -0.39 is 12.2 Å². The Kier molecular flexibility index (Phi) is 6.92. The minimum atomic E-state index is -0.676. The fraction of sp³-hybridized carbons (Fsp3) is 0.286. The van der Waals surface area contributed by atoms with Crippen molar-refractivity contribution in [1.29, 1.82) is 0 Å². The molecule has 0 aliphatic heterocycles. The van der Waals surface area contributed by atoms with E-state index in [2.05, 4.69) is 11.6 Å². The zero-order valence-electron chi connectivity index (χ0n) is 14.4. The predicted octanol–water partition coefficient (Wildman–Crippen LogP) is 3.65. The van der Waals surface area contributed by atoms with Gasteiger partial charge in [0.2, 0.25) is 0 Å². The van der Waals surface area contributed by atoms with Crippen LogP contribution in [0, 0.1) is 5.92 Å². The van der Waals surface area contributed by atoms with E-state index in [0.29, 0.717) is 12.8 Å². The van der Waals surface area contributed by atoms with E-state index in [-0.39, 0.29) is 11.7 Å². The molecular weight excluding hydrogens is 314 g/mol. The summed E-state index contributed by atoms with van der Waals surface area (Å²) < 4.78 is 0. The molecule has 25 heavy (non-hydrogen) atoms. The minimum Gasteiger partial charge on any atom is -0.508 e. The number of rotatable bonds is 8. The van der Waals surface area contributed by atoms with E-state index in [1.54, 1.807) is 31.3 Å². The zero-order chi connectivity index (χ0) is 18.2. The maximum absolute atomic E-state index is 10.4. The van der Waals surface area contributed by atoms with Crippen LogP contribution in [-0.2, 0) is 0 Å². The van der Waals surface area contributed by atoms with Crippen LogP contribution in [0.5, 0.6) is 5.75 Å². The van der Waals surface area contributed by atoms with Crippen LogP contribution in [0.25, 0.3) is 11.6 Å². The molecule has 0 aliphatic rings. The number of aromatic hydroxyl groups is 1. The first-order chi connectivity index (χ1) is 12.0. The Morgan fingerprint density at radius 1 is 1.16 bits per heavy atom. The summed E-state index contributed by atoms with van der Waals surface area (Å²) in [5.74, 6) is -0.142. The maximum atomic E-state index is 10.4. The Balaban J connectivity index is 2.21. The molecule has 0 radical (unpaired) electrons. The van der Waals surface area contributed by atoms with Crippen LogP contribution in [-0.4, -0.2) is 32.5 Å². The lowest BCUT2D eigenvalue weighted by Gasteiger charge is -2.22. The molecule has 1 aromatic carbocycles. The van der Waals surface area contributed by atoms with Crippen LogP contribution in [0.2, 0.25) is 0 Å².